The van der Waals surface area contributed by atoms with Gasteiger partial charge < -0.3 is 0 Å². The number of fused-ring (bicyclic) bond motifs is 2. The summed E-state index contributed by atoms with van der Waals surface area (Å²) in [6.07, 6.45) is 0. The zero-order chi connectivity index (χ0) is 13.2. The fourth-order valence-electron chi connectivity index (χ4n) is 2.27. The van der Waals surface area contributed by atoms with E-state index in [4.69, 9.17) is 0 Å². The zero-order valence-corrected chi connectivity index (χ0v) is 10.8. The SMILES string of the molecule is O=[SH](=O)O[CH]c1c2ccccc2cc2ccccc12. The second kappa shape index (κ2) is 4.99. The molecule has 0 bridgehead atoms. The van der Waals surface area contributed by atoms with Crippen molar-refractivity contribution in [3.05, 3.63) is 66.8 Å². The summed E-state index contributed by atoms with van der Waals surface area (Å²) in [4.78, 5) is 0. The Morgan fingerprint density at radius 2 is 1.37 bits per heavy atom. The summed E-state index contributed by atoms with van der Waals surface area (Å²) in [5.74, 6) is 0. The molecule has 3 aromatic carbocycles. The monoisotopic (exact) mass is 271 g/mol. The van der Waals surface area contributed by atoms with Gasteiger partial charge >= 0.3 is 0 Å². The number of rotatable bonds is 3. The summed E-state index contributed by atoms with van der Waals surface area (Å²) in [6.45, 7) is 1.30. The van der Waals surface area contributed by atoms with E-state index in [2.05, 4.69) is 10.2 Å². The molecule has 0 fully saturated rings. The summed E-state index contributed by atoms with van der Waals surface area (Å²) in [6, 6.07) is 17.7. The third-order valence-electron chi connectivity index (χ3n) is 3.07. The van der Waals surface area contributed by atoms with Crippen molar-refractivity contribution in [2.75, 3.05) is 0 Å². The first-order valence-corrected chi connectivity index (χ1v) is 6.90. The van der Waals surface area contributed by atoms with Gasteiger partial charge in [-0.25, -0.2) is 8.42 Å². The van der Waals surface area contributed by atoms with E-state index in [0.29, 0.717) is 0 Å². The van der Waals surface area contributed by atoms with Crippen molar-refractivity contribution in [3.63, 3.8) is 0 Å². The van der Waals surface area contributed by atoms with Crippen LogP contribution in [0.5, 0.6) is 0 Å². The van der Waals surface area contributed by atoms with Crippen molar-refractivity contribution in [2.45, 2.75) is 0 Å². The molecule has 95 valence electrons. The first-order valence-electron chi connectivity index (χ1n) is 5.80. The Morgan fingerprint density at radius 1 is 0.842 bits per heavy atom. The van der Waals surface area contributed by atoms with Gasteiger partial charge in [0.15, 0.2) is 0 Å². The van der Waals surface area contributed by atoms with Crippen molar-refractivity contribution in [3.8, 4) is 0 Å². The van der Waals surface area contributed by atoms with Crippen molar-refractivity contribution in [1.29, 1.82) is 0 Å². The molecule has 0 amide bonds. The lowest BCUT2D eigenvalue weighted by atomic mass is 9.97. The Labute approximate surface area is 112 Å². The minimum Gasteiger partial charge on any atom is -0.261 e. The van der Waals surface area contributed by atoms with Gasteiger partial charge in [-0.2, -0.15) is 0 Å². The van der Waals surface area contributed by atoms with E-state index in [1.807, 2.05) is 48.5 Å². The highest BCUT2D eigenvalue weighted by Gasteiger charge is 2.08. The van der Waals surface area contributed by atoms with Crippen LogP contribution >= 0.6 is 0 Å². The predicted molar refractivity (Wildman–Crippen MR) is 76.3 cm³/mol. The van der Waals surface area contributed by atoms with Crippen LogP contribution < -0.4 is 0 Å². The third kappa shape index (κ3) is 2.32. The second-order valence-electron chi connectivity index (χ2n) is 4.18. The van der Waals surface area contributed by atoms with Gasteiger partial charge in [0.1, 0.15) is 6.61 Å². The van der Waals surface area contributed by atoms with Gasteiger partial charge in [-0.3, -0.25) is 4.18 Å². The maximum Gasteiger partial charge on any atom is 0.257 e. The van der Waals surface area contributed by atoms with Crippen LogP contribution in [-0.4, -0.2) is 8.42 Å². The molecule has 0 atom stereocenters. The summed E-state index contributed by atoms with van der Waals surface area (Å²) >= 11 is 0. The van der Waals surface area contributed by atoms with Crippen LogP contribution in [0.3, 0.4) is 0 Å². The lowest BCUT2D eigenvalue weighted by Gasteiger charge is -2.09. The van der Waals surface area contributed by atoms with Crippen LogP contribution in [0.15, 0.2) is 54.6 Å². The summed E-state index contributed by atoms with van der Waals surface area (Å²) in [5, 5.41) is 4.05. The van der Waals surface area contributed by atoms with E-state index in [1.165, 1.54) is 6.61 Å². The number of thiol groups is 1. The maximum absolute atomic E-state index is 10.6. The molecule has 0 aliphatic rings. The molecule has 0 unspecified atom stereocenters. The Kier molecular flexibility index (Phi) is 3.19. The molecule has 0 saturated carbocycles. The molecule has 3 aromatic rings. The molecule has 0 aromatic heterocycles. The molecule has 4 heteroatoms. The molecular weight excluding hydrogens is 260 g/mol. The topological polar surface area (TPSA) is 43.4 Å². The minimum absolute atomic E-state index is 0.785. The van der Waals surface area contributed by atoms with Crippen LogP contribution in [0.1, 0.15) is 5.56 Å². The highest BCUT2D eigenvalue weighted by molar-refractivity contribution is 7.67. The van der Waals surface area contributed by atoms with Crippen molar-refractivity contribution < 1.29 is 12.6 Å². The van der Waals surface area contributed by atoms with Gasteiger partial charge in [-0.05, 0) is 27.6 Å². The Bertz CT molecular complexity index is 760. The average Bonchev–Trinajstić information content (AvgIpc) is 2.43. The second-order valence-corrected chi connectivity index (χ2v) is 4.84. The molecule has 3 nitrogen and oxygen atoms in total. The van der Waals surface area contributed by atoms with Gasteiger partial charge in [0.2, 0.25) is 0 Å². The van der Waals surface area contributed by atoms with Crippen LogP contribution in [-0.2, 0) is 15.2 Å². The molecule has 0 spiro atoms. The average molecular weight is 271 g/mol. The molecule has 1 radical (unpaired) electrons. The Morgan fingerprint density at radius 3 is 1.89 bits per heavy atom. The van der Waals surface area contributed by atoms with Gasteiger partial charge in [0, 0.05) is 5.56 Å². The Hall–Kier alpha value is -1.91. The van der Waals surface area contributed by atoms with Gasteiger partial charge in [0.25, 0.3) is 11.0 Å². The summed E-state index contributed by atoms with van der Waals surface area (Å²) in [7, 11) is -2.89. The van der Waals surface area contributed by atoms with E-state index in [0.717, 1.165) is 27.1 Å². The summed E-state index contributed by atoms with van der Waals surface area (Å²) < 4.78 is 25.9. The van der Waals surface area contributed by atoms with Crippen LogP contribution in [0.4, 0.5) is 0 Å². The number of hydrogen-bond donors (Lipinski definition) is 1. The standard InChI is InChI=1S/C15H11O3S/c16-19(17)18-10-15-13-7-3-1-5-11(13)9-12-6-2-4-8-14(12)15/h1-10,19H. The van der Waals surface area contributed by atoms with Crippen molar-refractivity contribution in [2.24, 2.45) is 0 Å². The first-order chi connectivity index (χ1) is 9.25. The van der Waals surface area contributed by atoms with E-state index in [1.54, 1.807) is 0 Å². The van der Waals surface area contributed by atoms with E-state index in [9.17, 15) is 8.42 Å². The van der Waals surface area contributed by atoms with E-state index >= 15 is 0 Å². The van der Waals surface area contributed by atoms with Crippen LogP contribution in [0, 0.1) is 6.61 Å². The zero-order valence-electron chi connectivity index (χ0n) is 9.95. The fourth-order valence-corrected chi connectivity index (χ4v) is 2.46. The van der Waals surface area contributed by atoms with Crippen molar-refractivity contribution >= 4 is 32.5 Å². The molecule has 19 heavy (non-hydrogen) atoms. The normalized spacial score (nSPS) is 11.4. The van der Waals surface area contributed by atoms with Gasteiger partial charge in [-0.15, -0.1) is 0 Å². The molecule has 0 N–H and O–H groups in total. The Balaban J connectivity index is 2.32. The molecule has 0 heterocycles. The lowest BCUT2D eigenvalue weighted by Crippen LogP contribution is -1.92. The largest absolute Gasteiger partial charge is 0.261 e. The van der Waals surface area contributed by atoms with E-state index < -0.39 is 11.0 Å². The van der Waals surface area contributed by atoms with Gasteiger partial charge in [0.05, 0.1) is 0 Å². The first kappa shape index (κ1) is 12.1. The molecular formula is C15H11O3S. The highest BCUT2D eigenvalue weighted by Crippen LogP contribution is 2.29. The minimum atomic E-state index is -2.89. The lowest BCUT2D eigenvalue weighted by molar-refractivity contribution is 0.431. The quantitative estimate of drug-likeness (QED) is 0.588. The smallest absolute Gasteiger partial charge is 0.257 e. The third-order valence-corrected chi connectivity index (χ3v) is 3.35. The number of hydrogen-bond acceptors (Lipinski definition) is 3. The molecule has 0 aliphatic heterocycles. The van der Waals surface area contributed by atoms with Gasteiger partial charge in [-0.1, -0.05) is 48.5 Å². The number of benzene rings is 3. The maximum atomic E-state index is 10.6. The van der Waals surface area contributed by atoms with Crippen molar-refractivity contribution in [1.82, 2.24) is 0 Å². The highest BCUT2D eigenvalue weighted by atomic mass is 32.2. The van der Waals surface area contributed by atoms with Crippen LogP contribution in [0.25, 0.3) is 21.5 Å². The molecule has 3 rings (SSSR count). The fraction of sp³-hybridized carbons (Fsp3) is 0. The molecule has 0 aliphatic carbocycles. The molecule has 0 saturated heterocycles. The van der Waals surface area contributed by atoms with Crippen LogP contribution in [0.2, 0.25) is 0 Å². The predicted octanol–water partition coefficient (Wildman–Crippen LogP) is 3.05. The van der Waals surface area contributed by atoms with E-state index in [-0.39, 0.29) is 0 Å². The summed E-state index contributed by atoms with van der Waals surface area (Å²) in [5.41, 5.74) is 0.785.